The molecule has 0 spiro atoms. The molecule has 7 heteroatoms. The van der Waals surface area contributed by atoms with Gasteiger partial charge in [0.25, 0.3) is 0 Å². The summed E-state index contributed by atoms with van der Waals surface area (Å²) in [6.07, 6.45) is 1.89. The Bertz CT molecular complexity index is 605. The predicted molar refractivity (Wildman–Crippen MR) is 87.5 cm³/mol. The number of halogens is 2. The first kappa shape index (κ1) is 15.8. The Morgan fingerprint density at radius 3 is 3.00 bits per heavy atom. The van der Waals surface area contributed by atoms with Crippen molar-refractivity contribution in [2.45, 2.75) is 18.0 Å². The molecule has 118 valence electrons. The van der Waals surface area contributed by atoms with Crippen LogP contribution in [0, 0.1) is 0 Å². The second-order valence-corrected chi connectivity index (χ2v) is 6.08. The second-order valence-electron chi connectivity index (χ2n) is 5.16. The summed E-state index contributed by atoms with van der Waals surface area (Å²) in [5.74, 6) is 0.364. The van der Waals surface area contributed by atoms with E-state index in [1.165, 1.54) is 0 Å². The molecule has 1 aromatic heterocycles. The standard InChI is InChI=1S/C15H18Cl2N4O/c16-6-11(17)10-22-20-14-8-18-9-15-13(14)7-19-21(15)12-4-2-1-3-5-12/h1-5,7,11,14,18,20H,6,8-10H2. The van der Waals surface area contributed by atoms with E-state index in [0.717, 1.165) is 30.0 Å². The number of fused-ring (bicyclic) bond motifs is 1. The van der Waals surface area contributed by atoms with Crippen LogP contribution in [0.25, 0.3) is 5.69 Å². The van der Waals surface area contributed by atoms with Crippen molar-refractivity contribution in [3.63, 3.8) is 0 Å². The maximum Gasteiger partial charge on any atom is 0.0857 e. The third-order valence-electron chi connectivity index (χ3n) is 3.58. The van der Waals surface area contributed by atoms with E-state index in [0.29, 0.717) is 12.5 Å². The number of para-hydroxylation sites is 1. The van der Waals surface area contributed by atoms with Gasteiger partial charge in [0.05, 0.1) is 35.6 Å². The summed E-state index contributed by atoms with van der Waals surface area (Å²) in [6, 6.07) is 10.1. The van der Waals surface area contributed by atoms with Crippen LogP contribution in [0.5, 0.6) is 0 Å². The molecule has 0 fully saturated rings. The van der Waals surface area contributed by atoms with Crippen LogP contribution in [0.4, 0.5) is 0 Å². The molecule has 1 aliphatic rings. The third kappa shape index (κ3) is 3.45. The molecule has 2 aromatic rings. The molecule has 0 amide bonds. The molecular weight excluding hydrogens is 323 g/mol. The second kappa shape index (κ2) is 7.44. The predicted octanol–water partition coefficient (Wildman–Crippen LogP) is 2.38. The Hall–Kier alpha value is -1.11. The zero-order valence-corrected chi connectivity index (χ0v) is 13.5. The Morgan fingerprint density at radius 1 is 1.41 bits per heavy atom. The zero-order valence-electron chi connectivity index (χ0n) is 12.0. The quantitative estimate of drug-likeness (QED) is 0.626. The first-order valence-corrected chi connectivity index (χ1v) is 8.17. The van der Waals surface area contributed by atoms with Gasteiger partial charge in [0.1, 0.15) is 0 Å². The fourth-order valence-corrected chi connectivity index (χ4v) is 2.63. The minimum absolute atomic E-state index is 0.0420. The molecule has 0 aliphatic carbocycles. The molecule has 2 N–H and O–H groups in total. The first-order valence-electron chi connectivity index (χ1n) is 7.20. The van der Waals surface area contributed by atoms with Crippen LogP contribution in [0.1, 0.15) is 17.3 Å². The summed E-state index contributed by atoms with van der Waals surface area (Å²) in [5.41, 5.74) is 6.38. The number of alkyl halides is 2. The SMILES string of the molecule is ClCC(Cl)CONC1CNCc2c1cnn2-c1ccccc1. The fraction of sp³-hybridized carbons (Fsp3) is 0.400. The topological polar surface area (TPSA) is 51.1 Å². The molecule has 0 bridgehead atoms. The van der Waals surface area contributed by atoms with Gasteiger partial charge in [-0.25, -0.2) is 4.68 Å². The average Bonchev–Trinajstić information content (AvgIpc) is 3.00. The molecule has 3 rings (SSSR count). The molecule has 5 nitrogen and oxygen atoms in total. The number of rotatable bonds is 6. The van der Waals surface area contributed by atoms with Crippen LogP contribution in [0.3, 0.4) is 0 Å². The monoisotopic (exact) mass is 340 g/mol. The van der Waals surface area contributed by atoms with E-state index in [1.807, 2.05) is 41.2 Å². The largest absolute Gasteiger partial charge is 0.309 e. The third-order valence-corrected chi connectivity index (χ3v) is 4.39. The van der Waals surface area contributed by atoms with Gasteiger partial charge in [0, 0.05) is 24.5 Å². The molecular formula is C15H18Cl2N4O. The van der Waals surface area contributed by atoms with Gasteiger partial charge in [-0.15, -0.1) is 23.2 Å². The van der Waals surface area contributed by atoms with E-state index < -0.39 is 0 Å². The summed E-state index contributed by atoms with van der Waals surface area (Å²) in [5, 5.41) is 7.69. The minimum Gasteiger partial charge on any atom is -0.309 e. The van der Waals surface area contributed by atoms with Crippen LogP contribution < -0.4 is 10.8 Å². The molecule has 2 unspecified atom stereocenters. The maximum atomic E-state index is 5.94. The minimum atomic E-state index is -0.197. The number of nitrogens with one attached hydrogen (secondary N) is 2. The number of benzene rings is 1. The number of nitrogens with zero attached hydrogens (tertiary/aromatic N) is 2. The van der Waals surface area contributed by atoms with Gasteiger partial charge in [-0.2, -0.15) is 10.6 Å². The van der Waals surface area contributed by atoms with Crippen molar-refractivity contribution in [3.05, 3.63) is 47.8 Å². The van der Waals surface area contributed by atoms with Gasteiger partial charge in [0.2, 0.25) is 0 Å². The van der Waals surface area contributed by atoms with Crippen molar-refractivity contribution in [2.24, 2.45) is 0 Å². The highest BCUT2D eigenvalue weighted by Crippen LogP contribution is 2.24. The fourth-order valence-electron chi connectivity index (χ4n) is 2.48. The van der Waals surface area contributed by atoms with E-state index in [-0.39, 0.29) is 11.4 Å². The first-order chi connectivity index (χ1) is 10.8. The van der Waals surface area contributed by atoms with Crippen LogP contribution >= 0.6 is 23.2 Å². The highest BCUT2D eigenvalue weighted by atomic mass is 35.5. The lowest BCUT2D eigenvalue weighted by molar-refractivity contribution is 0.0157. The molecule has 2 atom stereocenters. The maximum absolute atomic E-state index is 5.94. The molecule has 0 radical (unpaired) electrons. The van der Waals surface area contributed by atoms with Gasteiger partial charge in [0.15, 0.2) is 0 Å². The van der Waals surface area contributed by atoms with E-state index >= 15 is 0 Å². The molecule has 2 heterocycles. The highest BCUT2D eigenvalue weighted by Gasteiger charge is 2.24. The Kier molecular flexibility index (Phi) is 5.33. The van der Waals surface area contributed by atoms with Crippen LogP contribution in [0.2, 0.25) is 0 Å². The summed E-state index contributed by atoms with van der Waals surface area (Å²) in [6.45, 7) is 1.92. The normalized spacial score (nSPS) is 18.9. The Labute approximate surface area is 139 Å². The Morgan fingerprint density at radius 2 is 2.23 bits per heavy atom. The van der Waals surface area contributed by atoms with E-state index in [4.69, 9.17) is 28.0 Å². The van der Waals surface area contributed by atoms with E-state index in [1.54, 1.807) is 0 Å². The molecule has 0 saturated heterocycles. The summed E-state index contributed by atoms with van der Waals surface area (Å²) >= 11 is 11.6. The van der Waals surface area contributed by atoms with Crippen molar-refractivity contribution < 1.29 is 4.84 Å². The van der Waals surface area contributed by atoms with Gasteiger partial charge < -0.3 is 5.32 Å². The van der Waals surface area contributed by atoms with Gasteiger partial charge >= 0.3 is 0 Å². The van der Waals surface area contributed by atoms with Crippen molar-refractivity contribution >= 4 is 23.2 Å². The van der Waals surface area contributed by atoms with Crippen molar-refractivity contribution in [2.75, 3.05) is 19.0 Å². The average molecular weight is 341 g/mol. The number of hydrogen-bond acceptors (Lipinski definition) is 4. The van der Waals surface area contributed by atoms with Gasteiger partial charge in [-0.1, -0.05) is 18.2 Å². The van der Waals surface area contributed by atoms with Gasteiger partial charge in [-0.05, 0) is 12.1 Å². The van der Waals surface area contributed by atoms with Crippen molar-refractivity contribution in [3.8, 4) is 5.69 Å². The molecule has 22 heavy (non-hydrogen) atoms. The molecule has 1 aliphatic heterocycles. The smallest absolute Gasteiger partial charge is 0.0857 e. The van der Waals surface area contributed by atoms with Crippen molar-refractivity contribution in [1.29, 1.82) is 0 Å². The van der Waals surface area contributed by atoms with E-state index in [2.05, 4.69) is 15.9 Å². The van der Waals surface area contributed by atoms with Crippen LogP contribution in [-0.2, 0) is 11.4 Å². The van der Waals surface area contributed by atoms with Crippen LogP contribution in [-0.4, -0.2) is 34.2 Å². The summed E-state index contributed by atoms with van der Waals surface area (Å²) in [4.78, 5) is 5.45. The van der Waals surface area contributed by atoms with Gasteiger partial charge in [-0.3, -0.25) is 4.84 Å². The number of aromatic nitrogens is 2. The number of hydroxylamine groups is 1. The zero-order chi connectivity index (χ0) is 15.4. The summed E-state index contributed by atoms with van der Waals surface area (Å²) in [7, 11) is 0. The number of hydrogen-bond donors (Lipinski definition) is 2. The summed E-state index contributed by atoms with van der Waals surface area (Å²) < 4.78 is 1.96. The lowest BCUT2D eigenvalue weighted by Crippen LogP contribution is -2.37. The molecule has 1 aromatic carbocycles. The lowest BCUT2D eigenvalue weighted by Gasteiger charge is -2.25. The molecule has 0 saturated carbocycles. The van der Waals surface area contributed by atoms with Crippen molar-refractivity contribution in [1.82, 2.24) is 20.6 Å². The Balaban J connectivity index is 1.73. The lowest BCUT2D eigenvalue weighted by atomic mass is 10.0. The van der Waals surface area contributed by atoms with E-state index in [9.17, 15) is 0 Å². The highest BCUT2D eigenvalue weighted by molar-refractivity contribution is 6.28. The van der Waals surface area contributed by atoms with Crippen LogP contribution in [0.15, 0.2) is 36.5 Å².